The molecule has 1 fully saturated rings. The topological polar surface area (TPSA) is 58.6 Å². The third-order valence-corrected chi connectivity index (χ3v) is 6.40. The highest BCUT2D eigenvalue weighted by Crippen LogP contribution is 2.25. The minimum Gasteiger partial charge on any atom is -0.494 e. The maximum atomic E-state index is 13.7. The summed E-state index contributed by atoms with van der Waals surface area (Å²) in [5.41, 5.74) is 5.27. The zero-order valence-electron chi connectivity index (χ0n) is 20.7. The van der Waals surface area contributed by atoms with Crippen LogP contribution in [-0.2, 0) is 4.79 Å². The van der Waals surface area contributed by atoms with Crippen molar-refractivity contribution in [1.82, 2.24) is 14.9 Å². The van der Waals surface area contributed by atoms with Crippen molar-refractivity contribution in [2.45, 2.75) is 13.8 Å². The predicted molar refractivity (Wildman–Crippen MR) is 145 cm³/mol. The Morgan fingerprint density at radius 1 is 0.861 bits per heavy atom. The Kier molecular flexibility index (Phi) is 6.94. The molecule has 0 aliphatic carbocycles. The number of nitrogens with zero attached hydrogens (tertiary/aromatic N) is 4. The molecule has 0 bridgehead atoms. The van der Waals surface area contributed by atoms with Gasteiger partial charge in [-0.05, 0) is 55.3 Å². The molecule has 1 aliphatic rings. The largest absolute Gasteiger partial charge is 0.494 e. The Hall–Kier alpha value is -4.19. The highest BCUT2D eigenvalue weighted by molar-refractivity contribution is 6.24. The van der Waals surface area contributed by atoms with Crippen LogP contribution >= 0.6 is 0 Å². The number of fused-ring (bicyclic) bond motifs is 1. The van der Waals surface area contributed by atoms with Crippen molar-refractivity contribution in [2.24, 2.45) is 0 Å². The minimum atomic E-state index is 0.0380. The molecular formula is C30H30N4O2. The van der Waals surface area contributed by atoms with Gasteiger partial charge in [-0.3, -0.25) is 4.79 Å². The molecule has 0 saturated carbocycles. The van der Waals surface area contributed by atoms with E-state index in [0.717, 1.165) is 39.4 Å². The lowest BCUT2D eigenvalue weighted by Crippen LogP contribution is -2.49. The number of amides is 1. The van der Waals surface area contributed by atoms with Gasteiger partial charge in [0.25, 0.3) is 5.91 Å². The average Bonchev–Trinajstić information content (AvgIpc) is 2.92. The van der Waals surface area contributed by atoms with Crippen molar-refractivity contribution >= 4 is 34.4 Å². The van der Waals surface area contributed by atoms with E-state index in [9.17, 15) is 4.79 Å². The number of piperazine rings is 1. The third kappa shape index (κ3) is 5.08. The van der Waals surface area contributed by atoms with E-state index in [1.807, 2.05) is 104 Å². The predicted octanol–water partition coefficient (Wildman–Crippen LogP) is 5.23. The summed E-state index contributed by atoms with van der Waals surface area (Å²) in [5.74, 6) is 1.76. The Bertz CT molecular complexity index is 1380. The van der Waals surface area contributed by atoms with Crippen molar-refractivity contribution in [3.05, 3.63) is 95.7 Å². The standard InChI is InChI=1S/C30H30N4O2/c1-3-36-25-15-13-23(14-16-25)21-26(24-9-5-4-6-10-24)30(35)34-19-17-33(18-20-34)29-22(2)31-27-11-7-8-12-28(27)32-29/h4-16,21H,3,17-20H2,1-2H3/b26-21+. The maximum absolute atomic E-state index is 13.7. The van der Waals surface area contributed by atoms with E-state index in [4.69, 9.17) is 14.7 Å². The number of anilines is 1. The number of aryl methyl sites for hydroxylation is 1. The van der Waals surface area contributed by atoms with Gasteiger partial charge < -0.3 is 14.5 Å². The van der Waals surface area contributed by atoms with Crippen LogP contribution in [0.5, 0.6) is 5.75 Å². The molecule has 6 nitrogen and oxygen atoms in total. The summed E-state index contributed by atoms with van der Waals surface area (Å²) in [6.45, 7) is 7.27. The van der Waals surface area contributed by atoms with E-state index in [1.54, 1.807) is 0 Å². The second-order valence-corrected chi connectivity index (χ2v) is 8.83. The fourth-order valence-corrected chi connectivity index (χ4v) is 4.55. The van der Waals surface area contributed by atoms with E-state index in [2.05, 4.69) is 4.90 Å². The number of ether oxygens (including phenoxy) is 1. The molecule has 3 aromatic carbocycles. The number of hydrogen-bond acceptors (Lipinski definition) is 5. The smallest absolute Gasteiger partial charge is 0.254 e. The van der Waals surface area contributed by atoms with Gasteiger partial charge in [0.2, 0.25) is 0 Å². The van der Waals surface area contributed by atoms with Crippen LogP contribution in [-0.4, -0.2) is 53.6 Å². The zero-order valence-corrected chi connectivity index (χ0v) is 20.7. The molecule has 5 rings (SSSR count). The number of para-hydroxylation sites is 2. The first-order chi connectivity index (χ1) is 17.6. The Morgan fingerprint density at radius 2 is 1.50 bits per heavy atom. The highest BCUT2D eigenvalue weighted by atomic mass is 16.5. The lowest BCUT2D eigenvalue weighted by Gasteiger charge is -2.36. The molecule has 0 N–H and O–H groups in total. The highest BCUT2D eigenvalue weighted by Gasteiger charge is 2.26. The van der Waals surface area contributed by atoms with Crippen LogP contribution in [0.3, 0.4) is 0 Å². The summed E-state index contributed by atoms with van der Waals surface area (Å²) < 4.78 is 5.56. The fraction of sp³-hybridized carbons (Fsp3) is 0.233. The van der Waals surface area contributed by atoms with Gasteiger partial charge in [-0.2, -0.15) is 0 Å². The molecule has 6 heteroatoms. The molecular weight excluding hydrogens is 448 g/mol. The second-order valence-electron chi connectivity index (χ2n) is 8.83. The molecule has 0 spiro atoms. The number of carbonyl (C=O) groups is 1. The number of aromatic nitrogens is 2. The van der Waals surface area contributed by atoms with Gasteiger partial charge in [0.1, 0.15) is 5.75 Å². The van der Waals surface area contributed by atoms with Crippen molar-refractivity contribution in [3.8, 4) is 5.75 Å². The van der Waals surface area contributed by atoms with E-state index in [1.165, 1.54) is 0 Å². The van der Waals surface area contributed by atoms with Gasteiger partial charge in [0.05, 0.1) is 23.3 Å². The number of hydrogen-bond donors (Lipinski definition) is 0. The summed E-state index contributed by atoms with van der Waals surface area (Å²) in [4.78, 5) is 27.5. The molecule has 4 aromatic rings. The van der Waals surface area contributed by atoms with Gasteiger partial charge in [-0.15, -0.1) is 0 Å². The molecule has 0 unspecified atom stereocenters. The molecule has 0 radical (unpaired) electrons. The van der Waals surface area contributed by atoms with Gasteiger partial charge in [0.15, 0.2) is 5.82 Å². The molecule has 1 aromatic heterocycles. The fourth-order valence-electron chi connectivity index (χ4n) is 4.55. The minimum absolute atomic E-state index is 0.0380. The molecule has 182 valence electrons. The van der Waals surface area contributed by atoms with Crippen LogP contribution < -0.4 is 9.64 Å². The summed E-state index contributed by atoms with van der Waals surface area (Å²) in [7, 11) is 0. The second kappa shape index (κ2) is 10.6. The average molecular weight is 479 g/mol. The molecule has 1 aliphatic heterocycles. The first kappa shape index (κ1) is 23.5. The Morgan fingerprint density at radius 3 is 2.17 bits per heavy atom. The molecule has 2 heterocycles. The first-order valence-electron chi connectivity index (χ1n) is 12.4. The van der Waals surface area contributed by atoms with E-state index >= 15 is 0 Å². The van der Waals surface area contributed by atoms with E-state index < -0.39 is 0 Å². The zero-order chi connectivity index (χ0) is 24.9. The SMILES string of the molecule is CCOc1ccc(/C=C(/C(=O)N2CCN(c3nc4ccccc4nc3C)CC2)c2ccccc2)cc1. The van der Waals surface area contributed by atoms with Gasteiger partial charge in [0, 0.05) is 31.8 Å². The van der Waals surface area contributed by atoms with Crippen molar-refractivity contribution < 1.29 is 9.53 Å². The third-order valence-electron chi connectivity index (χ3n) is 6.40. The van der Waals surface area contributed by atoms with Crippen LogP contribution in [0.25, 0.3) is 22.7 Å². The van der Waals surface area contributed by atoms with Crippen molar-refractivity contribution in [1.29, 1.82) is 0 Å². The summed E-state index contributed by atoms with van der Waals surface area (Å²) in [6.07, 6.45) is 1.97. The van der Waals surface area contributed by atoms with Gasteiger partial charge >= 0.3 is 0 Å². The van der Waals surface area contributed by atoms with Crippen LogP contribution in [0.1, 0.15) is 23.7 Å². The maximum Gasteiger partial charge on any atom is 0.254 e. The van der Waals surface area contributed by atoms with Gasteiger partial charge in [-0.1, -0.05) is 54.6 Å². The quantitative estimate of drug-likeness (QED) is 0.281. The summed E-state index contributed by atoms with van der Waals surface area (Å²) in [6, 6.07) is 25.7. The van der Waals surface area contributed by atoms with Gasteiger partial charge in [-0.25, -0.2) is 9.97 Å². The Balaban J connectivity index is 1.36. The van der Waals surface area contributed by atoms with Crippen LogP contribution in [0.15, 0.2) is 78.9 Å². The number of benzene rings is 3. The van der Waals surface area contributed by atoms with Crippen LogP contribution in [0.4, 0.5) is 5.82 Å². The lowest BCUT2D eigenvalue weighted by molar-refractivity contribution is -0.125. The summed E-state index contributed by atoms with van der Waals surface area (Å²) >= 11 is 0. The monoisotopic (exact) mass is 478 g/mol. The normalized spacial score (nSPS) is 14.2. The summed E-state index contributed by atoms with van der Waals surface area (Å²) in [5, 5.41) is 0. The molecule has 0 atom stereocenters. The molecule has 36 heavy (non-hydrogen) atoms. The Labute approximate surface area is 211 Å². The van der Waals surface area contributed by atoms with Crippen molar-refractivity contribution in [3.63, 3.8) is 0 Å². The molecule has 1 saturated heterocycles. The van der Waals surface area contributed by atoms with E-state index in [0.29, 0.717) is 38.4 Å². The number of carbonyl (C=O) groups excluding carboxylic acids is 1. The van der Waals surface area contributed by atoms with Crippen molar-refractivity contribution in [2.75, 3.05) is 37.7 Å². The van der Waals surface area contributed by atoms with Crippen LogP contribution in [0.2, 0.25) is 0 Å². The van der Waals surface area contributed by atoms with Crippen LogP contribution in [0, 0.1) is 6.92 Å². The molecule has 1 amide bonds. The van der Waals surface area contributed by atoms with E-state index in [-0.39, 0.29) is 5.91 Å². The number of rotatable bonds is 6. The first-order valence-corrected chi connectivity index (χ1v) is 12.4. The lowest BCUT2D eigenvalue weighted by atomic mass is 10.0.